The van der Waals surface area contributed by atoms with Crippen LogP contribution in [0.1, 0.15) is 24.2 Å². The smallest absolute Gasteiger partial charge is 0.148 e. The maximum Gasteiger partial charge on any atom is 0.148 e. The first kappa shape index (κ1) is 15.9. The molecule has 2 unspecified atom stereocenters. The molecular formula is C22H19ClN2. The van der Waals surface area contributed by atoms with Gasteiger partial charge in [0.2, 0.25) is 0 Å². The number of halogens is 1. The van der Waals surface area contributed by atoms with E-state index in [0.29, 0.717) is 0 Å². The van der Waals surface area contributed by atoms with Gasteiger partial charge in [-0.3, -0.25) is 4.99 Å². The van der Waals surface area contributed by atoms with Crippen LogP contribution in [0, 0.1) is 0 Å². The largest absolute Gasteiger partial charge is 0.337 e. The number of benzene rings is 3. The van der Waals surface area contributed by atoms with E-state index in [1.165, 1.54) is 11.1 Å². The van der Waals surface area contributed by atoms with Crippen molar-refractivity contribution in [3.63, 3.8) is 0 Å². The van der Waals surface area contributed by atoms with Gasteiger partial charge in [0.25, 0.3) is 0 Å². The summed E-state index contributed by atoms with van der Waals surface area (Å²) in [6.45, 7) is 2.21. The fourth-order valence-corrected chi connectivity index (χ4v) is 3.53. The summed E-state index contributed by atoms with van der Waals surface area (Å²) in [6.07, 6.45) is -0.0346. The highest BCUT2D eigenvalue weighted by Crippen LogP contribution is 2.37. The third-order valence-electron chi connectivity index (χ3n) is 4.63. The molecule has 3 aromatic carbocycles. The van der Waals surface area contributed by atoms with E-state index in [-0.39, 0.29) is 12.2 Å². The van der Waals surface area contributed by atoms with Crippen LogP contribution < -0.4 is 4.90 Å². The molecule has 0 saturated carbocycles. The summed E-state index contributed by atoms with van der Waals surface area (Å²) in [5.74, 6) is 0. The summed E-state index contributed by atoms with van der Waals surface area (Å²) in [6, 6.07) is 29.0. The van der Waals surface area contributed by atoms with Crippen molar-refractivity contribution in [1.82, 2.24) is 0 Å². The van der Waals surface area contributed by atoms with E-state index in [0.717, 1.165) is 16.4 Å². The van der Waals surface area contributed by atoms with Gasteiger partial charge in [0.1, 0.15) is 6.17 Å². The van der Waals surface area contributed by atoms with Crippen molar-refractivity contribution in [1.29, 1.82) is 0 Å². The van der Waals surface area contributed by atoms with Gasteiger partial charge >= 0.3 is 0 Å². The molecule has 4 rings (SSSR count). The molecule has 2 nitrogen and oxygen atoms in total. The molecule has 0 amide bonds. The van der Waals surface area contributed by atoms with E-state index in [2.05, 4.69) is 72.5 Å². The number of aliphatic imine (C=N–C) groups is 1. The molecule has 1 aliphatic rings. The van der Waals surface area contributed by atoms with Crippen molar-refractivity contribution >= 4 is 23.0 Å². The van der Waals surface area contributed by atoms with Gasteiger partial charge in [-0.05, 0) is 42.3 Å². The zero-order chi connectivity index (χ0) is 17.2. The maximum absolute atomic E-state index is 6.09. The minimum Gasteiger partial charge on any atom is -0.337 e. The number of hydrogen-bond donors (Lipinski definition) is 0. The molecule has 2 atom stereocenters. The summed E-state index contributed by atoms with van der Waals surface area (Å²) in [5, 5.41) is 0.746. The van der Waals surface area contributed by atoms with Crippen LogP contribution in [0.3, 0.4) is 0 Å². The topological polar surface area (TPSA) is 15.6 Å². The lowest BCUT2D eigenvalue weighted by molar-refractivity contribution is 0.675. The highest BCUT2D eigenvalue weighted by molar-refractivity contribution is 6.30. The Bertz CT molecular complexity index is 873. The lowest BCUT2D eigenvalue weighted by atomic mass is 10.0. The normalized spacial score (nSPS) is 19.8. The molecule has 0 spiro atoms. The molecule has 1 aliphatic heterocycles. The van der Waals surface area contributed by atoms with E-state index in [9.17, 15) is 0 Å². The minimum atomic E-state index is -0.0346. The molecule has 0 aromatic heterocycles. The molecule has 0 bridgehead atoms. The van der Waals surface area contributed by atoms with Gasteiger partial charge in [-0.1, -0.05) is 72.3 Å². The monoisotopic (exact) mass is 346 g/mol. The average molecular weight is 347 g/mol. The summed E-state index contributed by atoms with van der Waals surface area (Å²) in [4.78, 5) is 7.45. The summed E-state index contributed by atoms with van der Waals surface area (Å²) in [5.41, 5.74) is 4.60. The second-order valence-electron chi connectivity index (χ2n) is 6.22. The fourth-order valence-electron chi connectivity index (χ4n) is 3.41. The Morgan fingerprint density at radius 3 is 2.04 bits per heavy atom. The molecular weight excluding hydrogens is 328 g/mol. The van der Waals surface area contributed by atoms with Crippen LogP contribution in [-0.2, 0) is 0 Å². The number of nitrogens with zero attached hydrogens (tertiary/aromatic N) is 2. The summed E-state index contributed by atoms with van der Waals surface area (Å²) in [7, 11) is 0. The van der Waals surface area contributed by atoms with Crippen LogP contribution in [0.5, 0.6) is 0 Å². The Hall–Kier alpha value is -2.58. The van der Waals surface area contributed by atoms with Crippen molar-refractivity contribution in [2.24, 2.45) is 4.99 Å². The molecule has 0 fully saturated rings. The van der Waals surface area contributed by atoms with Crippen molar-refractivity contribution in [3.05, 3.63) is 101 Å². The number of hydrogen-bond acceptors (Lipinski definition) is 2. The van der Waals surface area contributed by atoms with Crippen LogP contribution in [0.2, 0.25) is 5.02 Å². The third kappa shape index (κ3) is 3.06. The van der Waals surface area contributed by atoms with Gasteiger partial charge in [0.15, 0.2) is 0 Å². The Labute approximate surface area is 153 Å². The van der Waals surface area contributed by atoms with Gasteiger partial charge in [-0.2, -0.15) is 0 Å². The van der Waals surface area contributed by atoms with E-state index >= 15 is 0 Å². The molecule has 0 aliphatic carbocycles. The SMILES string of the molecule is CC1C(c2ccccc2)=NC(c2ccccc2)N1c1ccc(Cl)cc1. The molecule has 0 saturated heterocycles. The summed E-state index contributed by atoms with van der Waals surface area (Å²) < 4.78 is 0. The second-order valence-corrected chi connectivity index (χ2v) is 6.66. The first-order valence-electron chi connectivity index (χ1n) is 8.46. The van der Waals surface area contributed by atoms with E-state index < -0.39 is 0 Å². The fraction of sp³-hybridized carbons (Fsp3) is 0.136. The number of rotatable bonds is 3. The van der Waals surface area contributed by atoms with E-state index in [1.54, 1.807) is 0 Å². The third-order valence-corrected chi connectivity index (χ3v) is 4.88. The van der Waals surface area contributed by atoms with E-state index in [1.807, 2.05) is 24.3 Å². The molecule has 3 aromatic rings. The van der Waals surface area contributed by atoms with Crippen molar-refractivity contribution in [2.45, 2.75) is 19.1 Å². The Kier molecular flexibility index (Phi) is 4.29. The molecule has 25 heavy (non-hydrogen) atoms. The van der Waals surface area contributed by atoms with Gasteiger partial charge in [0, 0.05) is 10.7 Å². The molecule has 124 valence electrons. The van der Waals surface area contributed by atoms with Crippen LogP contribution in [0.15, 0.2) is 89.9 Å². The average Bonchev–Trinajstić information content (AvgIpc) is 3.01. The zero-order valence-electron chi connectivity index (χ0n) is 14.0. The molecule has 0 N–H and O–H groups in total. The Morgan fingerprint density at radius 2 is 1.40 bits per heavy atom. The van der Waals surface area contributed by atoms with Gasteiger partial charge in [-0.15, -0.1) is 0 Å². The van der Waals surface area contributed by atoms with Crippen LogP contribution in [0.25, 0.3) is 0 Å². The van der Waals surface area contributed by atoms with E-state index in [4.69, 9.17) is 16.6 Å². The maximum atomic E-state index is 6.09. The van der Waals surface area contributed by atoms with Crippen LogP contribution >= 0.6 is 11.6 Å². The highest BCUT2D eigenvalue weighted by atomic mass is 35.5. The second kappa shape index (κ2) is 6.73. The molecule has 1 heterocycles. The van der Waals surface area contributed by atoms with Crippen molar-refractivity contribution < 1.29 is 0 Å². The lowest BCUT2D eigenvalue weighted by Crippen LogP contribution is -2.35. The standard InChI is InChI=1S/C22H19ClN2/c1-16-21(17-8-4-2-5-9-17)24-22(18-10-6-3-7-11-18)25(16)20-14-12-19(23)13-15-20/h2-16,22H,1H3. The number of anilines is 1. The van der Waals surface area contributed by atoms with Crippen LogP contribution in [0.4, 0.5) is 5.69 Å². The Morgan fingerprint density at radius 1 is 0.800 bits per heavy atom. The van der Waals surface area contributed by atoms with Crippen molar-refractivity contribution in [2.75, 3.05) is 4.90 Å². The predicted molar refractivity (Wildman–Crippen MR) is 106 cm³/mol. The molecule has 0 radical (unpaired) electrons. The highest BCUT2D eigenvalue weighted by Gasteiger charge is 2.34. The first-order chi connectivity index (χ1) is 12.2. The minimum absolute atomic E-state index is 0.0346. The van der Waals surface area contributed by atoms with Gasteiger partial charge in [-0.25, -0.2) is 0 Å². The zero-order valence-corrected chi connectivity index (χ0v) is 14.8. The lowest BCUT2D eigenvalue weighted by Gasteiger charge is -2.30. The van der Waals surface area contributed by atoms with Crippen LogP contribution in [-0.4, -0.2) is 11.8 Å². The summed E-state index contributed by atoms with van der Waals surface area (Å²) >= 11 is 6.09. The molecule has 3 heteroatoms. The first-order valence-corrected chi connectivity index (χ1v) is 8.84. The predicted octanol–water partition coefficient (Wildman–Crippen LogP) is 5.74. The van der Waals surface area contributed by atoms with Gasteiger partial charge < -0.3 is 4.90 Å². The Balaban J connectivity index is 1.80. The quantitative estimate of drug-likeness (QED) is 0.590. The van der Waals surface area contributed by atoms with Gasteiger partial charge in [0.05, 0.1) is 11.8 Å². The van der Waals surface area contributed by atoms with Crippen molar-refractivity contribution in [3.8, 4) is 0 Å².